The zero-order chi connectivity index (χ0) is 10.2. The average Bonchev–Trinajstić information content (AvgIpc) is 2.26. The molecule has 0 fully saturated rings. The molecule has 0 bridgehead atoms. The highest BCUT2D eigenvalue weighted by molar-refractivity contribution is 4.95. The number of nitrogens with one attached hydrogen (secondary N) is 1. The van der Waals surface area contributed by atoms with Crippen molar-refractivity contribution in [2.75, 3.05) is 0 Å². The summed E-state index contributed by atoms with van der Waals surface area (Å²) >= 11 is 0. The number of aromatic nitrogens is 2. The van der Waals surface area contributed by atoms with E-state index in [0.717, 1.165) is 25.1 Å². The monoisotopic (exact) mass is 192 g/mol. The second kappa shape index (κ2) is 6.23. The molecule has 0 aromatic carbocycles. The number of unbranched alkanes of at least 4 members (excludes halogenated alkanes) is 1. The minimum Gasteiger partial charge on any atom is -0.271 e. The van der Waals surface area contributed by atoms with Crippen LogP contribution in [0.15, 0.2) is 31.1 Å². The molecule has 14 heavy (non-hydrogen) atoms. The van der Waals surface area contributed by atoms with Crippen molar-refractivity contribution in [3.8, 4) is 0 Å². The number of hydrazine groups is 1. The fourth-order valence-corrected chi connectivity index (χ4v) is 1.24. The minimum absolute atomic E-state index is 0.0381. The van der Waals surface area contributed by atoms with Crippen LogP contribution in [-0.2, 0) is 0 Å². The van der Waals surface area contributed by atoms with Crippen LogP contribution in [0.3, 0.4) is 0 Å². The Bertz CT molecular complexity index is 260. The highest BCUT2D eigenvalue weighted by Gasteiger charge is 2.10. The molecule has 1 atom stereocenters. The summed E-state index contributed by atoms with van der Waals surface area (Å²) in [6, 6.07) is 1.83. The van der Waals surface area contributed by atoms with Crippen molar-refractivity contribution < 1.29 is 0 Å². The number of allylic oxidation sites excluding steroid dienone is 1. The van der Waals surface area contributed by atoms with Crippen LogP contribution in [0.25, 0.3) is 0 Å². The quantitative estimate of drug-likeness (QED) is 0.309. The van der Waals surface area contributed by atoms with Crippen LogP contribution in [0.1, 0.15) is 31.1 Å². The van der Waals surface area contributed by atoms with Crippen molar-refractivity contribution >= 4 is 0 Å². The molecule has 1 heterocycles. The summed E-state index contributed by atoms with van der Waals surface area (Å²) in [4.78, 5) is 8.30. The molecule has 4 nitrogen and oxygen atoms in total. The van der Waals surface area contributed by atoms with Gasteiger partial charge in [-0.2, -0.15) is 0 Å². The standard InChI is InChI=1S/C10H16N4/c1-2-3-4-6-9(14-11)10-12-7-5-8-13-10/h2,5,7-9,14H,1,3-4,6,11H2. The number of nitrogens with zero attached hydrogens (tertiary/aromatic N) is 2. The predicted molar refractivity (Wildman–Crippen MR) is 56.1 cm³/mol. The Morgan fingerprint density at radius 3 is 2.79 bits per heavy atom. The van der Waals surface area contributed by atoms with Gasteiger partial charge < -0.3 is 0 Å². The molecule has 0 saturated heterocycles. The summed E-state index contributed by atoms with van der Waals surface area (Å²) in [5.41, 5.74) is 2.72. The van der Waals surface area contributed by atoms with Crippen LogP contribution in [0.2, 0.25) is 0 Å². The lowest BCUT2D eigenvalue weighted by atomic mass is 10.1. The topological polar surface area (TPSA) is 63.8 Å². The maximum absolute atomic E-state index is 5.43. The zero-order valence-electron chi connectivity index (χ0n) is 8.19. The molecule has 76 valence electrons. The molecule has 0 aliphatic rings. The van der Waals surface area contributed by atoms with Crippen molar-refractivity contribution in [3.05, 3.63) is 36.9 Å². The van der Waals surface area contributed by atoms with Gasteiger partial charge in [-0.3, -0.25) is 5.84 Å². The van der Waals surface area contributed by atoms with Crippen LogP contribution in [0, 0.1) is 0 Å². The number of nitrogens with two attached hydrogens (primary N) is 1. The first kappa shape index (κ1) is 10.8. The minimum atomic E-state index is 0.0381. The molecule has 0 saturated carbocycles. The molecule has 1 aromatic heterocycles. The van der Waals surface area contributed by atoms with Crippen LogP contribution < -0.4 is 11.3 Å². The lowest BCUT2D eigenvalue weighted by Crippen LogP contribution is -2.29. The maximum atomic E-state index is 5.43. The normalized spacial score (nSPS) is 12.4. The zero-order valence-corrected chi connectivity index (χ0v) is 8.19. The first-order chi connectivity index (χ1) is 6.88. The lowest BCUT2D eigenvalue weighted by molar-refractivity contribution is 0.477. The lowest BCUT2D eigenvalue weighted by Gasteiger charge is -2.12. The number of hydrogen-bond donors (Lipinski definition) is 2. The van der Waals surface area contributed by atoms with Gasteiger partial charge in [0.15, 0.2) is 0 Å². The largest absolute Gasteiger partial charge is 0.271 e. The number of rotatable bonds is 6. The van der Waals surface area contributed by atoms with E-state index in [2.05, 4.69) is 22.0 Å². The fraction of sp³-hybridized carbons (Fsp3) is 0.400. The number of hydrogen-bond acceptors (Lipinski definition) is 4. The molecule has 1 unspecified atom stereocenters. The van der Waals surface area contributed by atoms with Crippen LogP contribution >= 0.6 is 0 Å². The van der Waals surface area contributed by atoms with Crippen LogP contribution in [0.4, 0.5) is 0 Å². The predicted octanol–water partition coefficient (Wildman–Crippen LogP) is 1.34. The summed E-state index contributed by atoms with van der Waals surface area (Å²) in [5.74, 6) is 6.18. The van der Waals surface area contributed by atoms with Crippen LogP contribution in [0.5, 0.6) is 0 Å². The van der Waals surface area contributed by atoms with Crippen molar-refractivity contribution in [3.63, 3.8) is 0 Å². The summed E-state index contributed by atoms with van der Waals surface area (Å²) in [6.45, 7) is 3.67. The van der Waals surface area contributed by atoms with Gasteiger partial charge >= 0.3 is 0 Å². The van der Waals surface area contributed by atoms with E-state index in [-0.39, 0.29) is 6.04 Å². The second-order valence-electron chi connectivity index (χ2n) is 3.05. The van der Waals surface area contributed by atoms with E-state index in [1.54, 1.807) is 18.5 Å². The van der Waals surface area contributed by atoms with Gasteiger partial charge in [-0.05, 0) is 25.3 Å². The summed E-state index contributed by atoms with van der Waals surface area (Å²) in [7, 11) is 0. The molecule has 0 radical (unpaired) electrons. The van der Waals surface area contributed by atoms with E-state index in [4.69, 9.17) is 5.84 Å². The SMILES string of the molecule is C=CCCCC(NN)c1ncccn1. The van der Waals surface area contributed by atoms with Gasteiger partial charge in [0.25, 0.3) is 0 Å². The van der Waals surface area contributed by atoms with E-state index in [9.17, 15) is 0 Å². The third kappa shape index (κ3) is 3.24. The van der Waals surface area contributed by atoms with Gasteiger partial charge in [0.2, 0.25) is 0 Å². The van der Waals surface area contributed by atoms with Gasteiger partial charge in [0.05, 0.1) is 6.04 Å². The Kier molecular flexibility index (Phi) is 4.82. The van der Waals surface area contributed by atoms with Gasteiger partial charge in [-0.15, -0.1) is 6.58 Å². The molecule has 4 heteroatoms. The first-order valence-corrected chi connectivity index (χ1v) is 4.72. The van der Waals surface area contributed by atoms with Gasteiger partial charge in [0.1, 0.15) is 5.82 Å². The highest BCUT2D eigenvalue weighted by atomic mass is 15.2. The maximum Gasteiger partial charge on any atom is 0.146 e. The third-order valence-corrected chi connectivity index (χ3v) is 2.00. The molecular weight excluding hydrogens is 176 g/mol. The molecule has 0 aliphatic heterocycles. The average molecular weight is 192 g/mol. The van der Waals surface area contributed by atoms with Crippen molar-refractivity contribution in [2.45, 2.75) is 25.3 Å². The van der Waals surface area contributed by atoms with E-state index in [0.29, 0.717) is 0 Å². The van der Waals surface area contributed by atoms with E-state index in [1.807, 2.05) is 6.08 Å². The highest BCUT2D eigenvalue weighted by Crippen LogP contribution is 2.13. The molecular formula is C10H16N4. The van der Waals surface area contributed by atoms with Gasteiger partial charge in [-0.25, -0.2) is 15.4 Å². The van der Waals surface area contributed by atoms with Crippen molar-refractivity contribution in [1.82, 2.24) is 15.4 Å². The summed E-state index contributed by atoms with van der Waals surface area (Å²) < 4.78 is 0. The Labute approximate surface area is 84.2 Å². The second-order valence-corrected chi connectivity index (χ2v) is 3.05. The Morgan fingerprint density at radius 1 is 1.50 bits per heavy atom. The van der Waals surface area contributed by atoms with Gasteiger partial charge in [-0.1, -0.05) is 6.08 Å². The Hall–Kier alpha value is -1.26. The molecule has 3 N–H and O–H groups in total. The van der Waals surface area contributed by atoms with Gasteiger partial charge in [0, 0.05) is 12.4 Å². The smallest absolute Gasteiger partial charge is 0.146 e. The molecule has 0 amide bonds. The Balaban J connectivity index is 2.50. The van der Waals surface area contributed by atoms with Crippen molar-refractivity contribution in [1.29, 1.82) is 0 Å². The van der Waals surface area contributed by atoms with E-state index < -0.39 is 0 Å². The van der Waals surface area contributed by atoms with E-state index >= 15 is 0 Å². The molecule has 1 rings (SSSR count). The van der Waals surface area contributed by atoms with Crippen LogP contribution in [-0.4, -0.2) is 9.97 Å². The van der Waals surface area contributed by atoms with Crippen molar-refractivity contribution in [2.24, 2.45) is 5.84 Å². The Morgan fingerprint density at radius 2 is 2.21 bits per heavy atom. The first-order valence-electron chi connectivity index (χ1n) is 4.72. The fourth-order valence-electron chi connectivity index (χ4n) is 1.24. The van der Waals surface area contributed by atoms with E-state index in [1.165, 1.54) is 0 Å². The summed E-state index contributed by atoms with van der Waals surface area (Å²) in [5, 5.41) is 0. The third-order valence-electron chi connectivity index (χ3n) is 2.00. The molecule has 0 spiro atoms. The summed E-state index contributed by atoms with van der Waals surface area (Å²) in [6.07, 6.45) is 8.30. The molecule has 1 aromatic rings. The molecule has 0 aliphatic carbocycles.